The molecule has 0 aliphatic rings. The fourth-order valence-corrected chi connectivity index (χ4v) is 4.32. The smallest absolute Gasteiger partial charge is 0.295 e. The van der Waals surface area contributed by atoms with Crippen molar-refractivity contribution in [1.29, 1.82) is 0 Å². The quantitative estimate of drug-likeness (QED) is 0.260. The van der Waals surface area contributed by atoms with Gasteiger partial charge in [-0.2, -0.15) is 5.10 Å². The van der Waals surface area contributed by atoms with E-state index in [2.05, 4.69) is 15.2 Å². The summed E-state index contributed by atoms with van der Waals surface area (Å²) >= 11 is 0. The number of nitro benzene ring substituents is 1. The first-order chi connectivity index (χ1) is 16.1. The molecule has 0 heterocycles. The van der Waals surface area contributed by atoms with Crippen molar-refractivity contribution in [2.75, 3.05) is 24.4 Å². The number of ether oxygens (including phenoxy) is 2. The maximum Gasteiger partial charge on any atom is 0.295 e. The topological polar surface area (TPSA) is 132 Å². The number of aryl methyl sites for hydroxylation is 2. The summed E-state index contributed by atoms with van der Waals surface area (Å²) in [7, 11) is -1.02. The van der Waals surface area contributed by atoms with Crippen molar-refractivity contribution in [3.8, 4) is 11.5 Å². The molecule has 0 aliphatic heterocycles. The Balaban J connectivity index is 1.84. The number of methoxy groups -OCH3 is 2. The molecular formula is C23H24N4O6S. The van der Waals surface area contributed by atoms with Crippen molar-refractivity contribution in [2.45, 2.75) is 18.7 Å². The molecule has 0 radical (unpaired) electrons. The van der Waals surface area contributed by atoms with E-state index in [1.807, 2.05) is 13.0 Å². The van der Waals surface area contributed by atoms with Crippen LogP contribution in [-0.4, -0.2) is 33.8 Å². The lowest BCUT2D eigenvalue weighted by Gasteiger charge is -2.12. The Morgan fingerprint density at radius 3 is 2.29 bits per heavy atom. The molecule has 0 saturated carbocycles. The second-order valence-corrected chi connectivity index (χ2v) is 9.03. The second kappa shape index (κ2) is 10.2. The molecule has 10 nitrogen and oxygen atoms in total. The number of sulfonamides is 1. The summed E-state index contributed by atoms with van der Waals surface area (Å²) in [5, 5.41) is 15.6. The third-order valence-electron chi connectivity index (χ3n) is 4.91. The highest BCUT2D eigenvalue weighted by atomic mass is 32.2. The SMILES string of the molecule is COc1ccc(C=NNc2ccc(S(=O)(=O)Nc3ccc(C)cc3C)cc2[N+](=O)[O-])cc1OC. The van der Waals surface area contributed by atoms with Crippen LogP contribution in [0.15, 0.2) is 64.6 Å². The molecule has 0 aromatic heterocycles. The number of hydrogen-bond acceptors (Lipinski definition) is 8. The molecule has 3 aromatic carbocycles. The van der Waals surface area contributed by atoms with Crippen LogP contribution < -0.4 is 19.6 Å². The average Bonchev–Trinajstić information content (AvgIpc) is 2.80. The van der Waals surface area contributed by atoms with Crippen LogP contribution in [0.5, 0.6) is 11.5 Å². The van der Waals surface area contributed by atoms with Crippen LogP contribution in [0.3, 0.4) is 0 Å². The van der Waals surface area contributed by atoms with E-state index in [4.69, 9.17) is 9.47 Å². The van der Waals surface area contributed by atoms with Crippen molar-refractivity contribution in [3.63, 3.8) is 0 Å². The molecule has 3 aromatic rings. The summed E-state index contributed by atoms with van der Waals surface area (Å²) in [6.45, 7) is 3.67. The Hall–Kier alpha value is -4.12. The van der Waals surface area contributed by atoms with Crippen LogP contribution in [0, 0.1) is 24.0 Å². The van der Waals surface area contributed by atoms with Gasteiger partial charge in [-0.15, -0.1) is 0 Å². The molecule has 2 N–H and O–H groups in total. The molecule has 178 valence electrons. The largest absolute Gasteiger partial charge is 0.493 e. The van der Waals surface area contributed by atoms with Crippen LogP contribution in [0.1, 0.15) is 16.7 Å². The van der Waals surface area contributed by atoms with Crippen LogP contribution in [0.2, 0.25) is 0 Å². The van der Waals surface area contributed by atoms with Gasteiger partial charge in [0.1, 0.15) is 5.69 Å². The maximum absolute atomic E-state index is 12.8. The minimum absolute atomic E-state index is 0.0344. The summed E-state index contributed by atoms with van der Waals surface area (Å²) in [6, 6.07) is 13.9. The number of rotatable bonds is 9. The number of hydrazone groups is 1. The average molecular weight is 485 g/mol. The predicted molar refractivity (Wildman–Crippen MR) is 131 cm³/mol. The Bertz CT molecular complexity index is 1360. The van der Waals surface area contributed by atoms with E-state index in [1.165, 1.54) is 32.6 Å². The first-order valence-electron chi connectivity index (χ1n) is 10.0. The van der Waals surface area contributed by atoms with Gasteiger partial charge in [0, 0.05) is 6.07 Å². The summed E-state index contributed by atoms with van der Waals surface area (Å²) in [5.74, 6) is 1.05. The van der Waals surface area contributed by atoms with Crippen LogP contribution in [-0.2, 0) is 10.0 Å². The highest BCUT2D eigenvalue weighted by Crippen LogP contribution is 2.30. The van der Waals surface area contributed by atoms with Gasteiger partial charge >= 0.3 is 0 Å². The van der Waals surface area contributed by atoms with Crippen molar-refractivity contribution in [3.05, 3.63) is 81.4 Å². The molecule has 34 heavy (non-hydrogen) atoms. The lowest BCUT2D eigenvalue weighted by molar-refractivity contribution is -0.384. The van der Waals surface area contributed by atoms with Gasteiger partial charge in [-0.3, -0.25) is 20.3 Å². The first-order valence-corrected chi connectivity index (χ1v) is 11.5. The zero-order chi connectivity index (χ0) is 24.9. The number of nitrogens with zero attached hydrogens (tertiary/aromatic N) is 2. The molecule has 0 aliphatic carbocycles. The number of anilines is 2. The van der Waals surface area contributed by atoms with Gasteiger partial charge in [0.2, 0.25) is 0 Å². The van der Waals surface area contributed by atoms with E-state index in [0.29, 0.717) is 22.7 Å². The van der Waals surface area contributed by atoms with Crippen LogP contribution >= 0.6 is 0 Å². The predicted octanol–water partition coefficient (Wildman–Crippen LogP) is 4.48. The van der Waals surface area contributed by atoms with Crippen LogP contribution in [0.25, 0.3) is 0 Å². The summed E-state index contributed by atoms with van der Waals surface area (Å²) in [6.07, 6.45) is 1.44. The maximum atomic E-state index is 12.8. The molecule has 0 spiro atoms. The lowest BCUT2D eigenvalue weighted by atomic mass is 10.1. The van der Waals surface area contributed by atoms with Gasteiger partial charge in [0.25, 0.3) is 15.7 Å². The van der Waals surface area contributed by atoms with E-state index >= 15 is 0 Å². The van der Waals surface area contributed by atoms with E-state index < -0.39 is 20.6 Å². The molecule has 0 atom stereocenters. The fraction of sp³-hybridized carbons (Fsp3) is 0.174. The number of hydrogen-bond donors (Lipinski definition) is 2. The molecule has 0 saturated heterocycles. The minimum atomic E-state index is -4.05. The zero-order valence-electron chi connectivity index (χ0n) is 19.0. The molecule has 11 heteroatoms. The van der Waals surface area contributed by atoms with Gasteiger partial charge in [0.05, 0.1) is 35.9 Å². The van der Waals surface area contributed by atoms with Crippen molar-refractivity contribution < 1.29 is 22.8 Å². The summed E-state index contributed by atoms with van der Waals surface area (Å²) in [4.78, 5) is 10.7. The number of nitrogens with one attached hydrogen (secondary N) is 2. The molecule has 3 rings (SSSR count). The van der Waals surface area contributed by atoms with Gasteiger partial charge in [-0.1, -0.05) is 17.7 Å². The van der Waals surface area contributed by atoms with Crippen molar-refractivity contribution >= 4 is 33.3 Å². The normalized spacial score (nSPS) is 11.3. The molecule has 0 fully saturated rings. The van der Waals surface area contributed by atoms with Crippen molar-refractivity contribution in [1.82, 2.24) is 0 Å². The Labute approximate surface area is 197 Å². The Morgan fingerprint density at radius 1 is 0.941 bits per heavy atom. The van der Waals surface area contributed by atoms with Gasteiger partial charge in [-0.05, 0) is 61.4 Å². The number of benzene rings is 3. The molecular weight excluding hydrogens is 460 g/mol. The van der Waals surface area contributed by atoms with E-state index in [1.54, 1.807) is 37.3 Å². The lowest BCUT2D eigenvalue weighted by Crippen LogP contribution is -2.14. The van der Waals surface area contributed by atoms with E-state index in [0.717, 1.165) is 17.2 Å². The summed E-state index contributed by atoms with van der Waals surface area (Å²) < 4.78 is 38.6. The highest BCUT2D eigenvalue weighted by molar-refractivity contribution is 7.92. The van der Waals surface area contributed by atoms with E-state index in [-0.39, 0.29) is 10.6 Å². The Kier molecular flexibility index (Phi) is 7.37. The minimum Gasteiger partial charge on any atom is -0.493 e. The molecule has 0 amide bonds. The molecule has 0 bridgehead atoms. The fourth-order valence-electron chi connectivity index (χ4n) is 3.17. The molecule has 0 unspecified atom stereocenters. The van der Waals surface area contributed by atoms with Gasteiger partial charge < -0.3 is 9.47 Å². The number of nitro groups is 1. The first kappa shape index (κ1) is 24.5. The van der Waals surface area contributed by atoms with Crippen LogP contribution in [0.4, 0.5) is 17.1 Å². The van der Waals surface area contributed by atoms with Gasteiger partial charge in [0.15, 0.2) is 11.5 Å². The summed E-state index contributed by atoms with van der Waals surface area (Å²) in [5.41, 5.74) is 4.97. The standard InChI is InChI=1S/C23H24N4O6S/c1-15-5-8-19(16(2)11-15)26-34(30,31)18-7-9-20(21(13-18)27(28)29)25-24-14-17-6-10-22(32-3)23(12-17)33-4/h5-14,25-26H,1-4H3. The van der Waals surface area contributed by atoms with E-state index in [9.17, 15) is 18.5 Å². The highest BCUT2D eigenvalue weighted by Gasteiger charge is 2.22. The third-order valence-corrected chi connectivity index (χ3v) is 6.27. The second-order valence-electron chi connectivity index (χ2n) is 7.34. The monoisotopic (exact) mass is 484 g/mol. The van der Waals surface area contributed by atoms with Gasteiger partial charge in [-0.25, -0.2) is 8.42 Å². The van der Waals surface area contributed by atoms with Crippen molar-refractivity contribution in [2.24, 2.45) is 5.10 Å². The zero-order valence-corrected chi connectivity index (χ0v) is 19.8. The Morgan fingerprint density at radius 2 is 1.65 bits per heavy atom. The third kappa shape index (κ3) is 5.62.